The van der Waals surface area contributed by atoms with Crippen molar-refractivity contribution in [1.82, 2.24) is 5.32 Å². The molecule has 0 atom stereocenters. The Kier molecular flexibility index (Phi) is 5.28. The Morgan fingerprint density at radius 3 is 2.61 bits per heavy atom. The van der Waals surface area contributed by atoms with Gasteiger partial charge in [0.1, 0.15) is 22.9 Å². The van der Waals surface area contributed by atoms with Crippen LogP contribution in [0, 0.1) is 11.7 Å². The van der Waals surface area contributed by atoms with Crippen molar-refractivity contribution >= 4 is 22.6 Å². The van der Waals surface area contributed by atoms with Gasteiger partial charge < -0.3 is 24.1 Å². The average molecular weight is 424 g/mol. The maximum absolute atomic E-state index is 13.5. The summed E-state index contributed by atoms with van der Waals surface area (Å²) in [6.07, 6.45) is 2.39. The molecule has 1 N–H and O–H groups in total. The molecule has 0 spiro atoms. The highest BCUT2D eigenvalue weighted by Crippen LogP contribution is 2.41. The quantitative estimate of drug-likeness (QED) is 0.642. The minimum atomic E-state index is -0.341. The van der Waals surface area contributed by atoms with Crippen molar-refractivity contribution in [1.29, 1.82) is 0 Å². The van der Waals surface area contributed by atoms with Gasteiger partial charge in [-0.15, -0.1) is 0 Å². The Balaban J connectivity index is 1.65. The first kappa shape index (κ1) is 19.9. The summed E-state index contributed by atoms with van der Waals surface area (Å²) in [6.45, 7) is 3.50. The highest BCUT2D eigenvalue weighted by atomic mass is 19.1. The number of furan rings is 1. The number of carbonyl (C=O) groups is 1. The first-order chi connectivity index (χ1) is 15.1. The van der Waals surface area contributed by atoms with E-state index in [1.165, 1.54) is 25.0 Å². The second kappa shape index (κ2) is 8.23. The number of benzene rings is 2. The Labute approximate surface area is 179 Å². The topological polar surface area (TPSA) is 63.9 Å². The minimum Gasteiger partial charge on any atom is -0.491 e. The van der Waals surface area contributed by atoms with Gasteiger partial charge in [0, 0.05) is 37.2 Å². The molecule has 2 aliphatic rings. The number of carbonyl (C=O) groups excluding carboxylic acids is 1. The summed E-state index contributed by atoms with van der Waals surface area (Å²) in [4.78, 5) is 15.0. The molecule has 1 aliphatic heterocycles. The van der Waals surface area contributed by atoms with Gasteiger partial charge in [-0.05, 0) is 49.1 Å². The van der Waals surface area contributed by atoms with Gasteiger partial charge in [-0.25, -0.2) is 4.39 Å². The zero-order valence-electron chi connectivity index (χ0n) is 17.4. The first-order valence-electron chi connectivity index (χ1n) is 10.7. The van der Waals surface area contributed by atoms with Crippen LogP contribution in [0.2, 0.25) is 0 Å². The van der Waals surface area contributed by atoms with Crippen LogP contribution in [0.15, 0.2) is 40.8 Å². The van der Waals surface area contributed by atoms with Crippen molar-refractivity contribution in [2.24, 2.45) is 5.92 Å². The summed E-state index contributed by atoms with van der Waals surface area (Å²) in [6, 6.07) is 9.81. The predicted molar refractivity (Wildman–Crippen MR) is 116 cm³/mol. The van der Waals surface area contributed by atoms with Gasteiger partial charge in [0.15, 0.2) is 0 Å². The predicted octanol–water partition coefficient (Wildman–Crippen LogP) is 4.22. The summed E-state index contributed by atoms with van der Waals surface area (Å²) in [5.74, 6) is 1.17. The lowest BCUT2D eigenvalue weighted by molar-refractivity contribution is 0.0964. The maximum atomic E-state index is 13.5. The second-order valence-corrected chi connectivity index (χ2v) is 8.06. The molecule has 1 saturated carbocycles. The van der Waals surface area contributed by atoms with E-state index in [1.807, 2.05) is 12.1 Å². The standard InChI is InChI=1S/C24H25FN2O4/c1-26-24(28)22-18-12-21(30-14-15-2-3-15)19(27-8-10-29-11-9-27)13-20(18)31-23(22)16-4-6-17(25)7-5-16/h4-7,12-13,15H,2-3,8-11,14H2,1H3,(H,26,28). The molecule has 31 heavy (non-hydrogen) atoms. The molecular weight excluding hydrogens is 399 g/mol. The monoisotopic (exact) mass is 424 g/mol. The van der Waals surface area contributed by atoms with Gasteiger partial charge in [0.05, 0.1) is 31.1 Å². The highest BCUT2D eigenvalue weighted by Gasteiger charge is 2.27. The zero-order valence-corrected chi connectivity index (χ0v) is 17.4. The van der Waals surface area contributed by atoms with Crippen molar-refractivity contribution in [3.63, 3.8) is 0 Å². The van der Waals surface area contributed by atoms with E-state index < -0.39 is 0 Å². The first-order valence-corrected chi connectivity index (χ1v) is 10.7. The molecule has 0 radical (unpaired) electrons. The third-order valence-corrected chi connectivity index (χ3v) is 5.85. The van der Waals surface area contributed by atoms with E-state index in [-0.39, 0.29) is 11.7 Å². The van der Waals surface area contributed by atoms with E-state index in [9.17, 15) is 9.18 Å². The molecule has 6 nitrogen and oxygen atoms in total. The van der Waals surface area contributed by atoms with Crippen molar-refractivity contribution in [3.8, 4) is 17.1 Å². The number of nitrogens with zero attached hydrogens (tertiary/aromatic N) is 1. The lowest BCUT2D eigenvalue weighted by atomic mass is 10.0. The van der Waals surface area contributed by atoms with Crippen LogP contribution in [0.1, 0.15) is 23.2 Å². The molecule has 2 heterocycles. The molecule has 1 aromatic heterocycles. The van der Waals surface area contributed by atoms with E-state index in [1.54, 1.807) is 19.2 Å². The number of hydrogen-bond acceptors (Lipinski definition) is 5. The average Bonchev–Trinajstić information content (AvgIpc) is 3.56. The fourth-order valence-electron chi connectivity index (χ4n) is 3.93. The lowest BCUT2D eigenvalue weighted by Crippen LogP contribution is -2.36. The number of halogens is 1. The van der Waals surface area contributed by atoms with E-state index in [0.717, 1.165) is 24.5 Å². The molecule has 0 unspecified atom stereocenters. The minimum absolute atomic E-state index is 0.259. The van der Waals surface area contributed by atoms with Crippen LogP contribution in [0.5, 0.6) is 5.75 Å². The fraction of sp³-hybridized carbons (Fsp3) is 0.375. The molecule has 7 heteroatoms. The van der Waals surface area contributed by atoms with Crippen LogP contribution in [0.3, 0.4) is 0 Å². The Hall–Kier alpha value is -3.06. The van der Waals surface area contributed by atoms with Gasteiger partial charge in [-0.3, -0.25) is 4.79 Å². The number of fused-ring (bicyclic) bond motifs is 1. The van der Waals surface area contributed by atoms with E-state index in [0.29, 0.717) is 53.6 Å². The number of ether oxygens (including phenoxy) is 2. The number of amides is 1. The number of anilines is 1. The SMILES string of the molecule is CNC(=O)c1c(-c2ccc(F)cc2)oc2cc(N3CCOCC3)c(OCC3CC3)cc12. The van der Waals surface area contributed by atoms with E-state index in [2.05, 4.69) is 10.2 Å². The van der Waals surface area contributed by atoms with Gasteiger partial charge >= 0.3 is 0 Å². The molecule has 0 bridgehead atoms. The van der Waals surface area contributed by atoms with Crippen LogP contribution in [-0.2, 0) is 4.74 Å². The summed E-state index contributed by atoms with van der Waals surface area (Å²) in [5.41, 5.74) is 2.61. The Bertz CT molecular complexity index is 1100. The molecule has 1 saturated heterocycles. The number of nitrogens with one attached hydrogen (secondary N) is 1. The van der Waals surface area contributed by atoms with Crippen molar-refractivity contribution in [3.05, 3.63) is 47.8 Å². The zero-order chi connectivity index (χ0) is 21.4. The fourth-order valence-corrected chi connectivity index (χ4v) is 3.93. The molecule has 3 aromatic rings. The third-order valence-electron chi connectivity index (χ3n) is 5.85. The van der Waals surface area contributed by atoms with Crippen LogP contribution in [0.4, 0.5) is 10.1 Å². The Morgan fingerprint density at radius 1 is 1.19 bits per heavy atom. The van der Waals surface area contributed by atoms with Crippen LogP contribution < -0.4 is 15.0 Å². The largest absolute Gasteiger partial charge is 0.491 e. The molecule has 2 aromatic carbocycles. The van der Waals surface area contributed by atoms with Crippen molar-refractivity contribution in [2.45, 2.75) is 12.8 Å². The summed E-state index contributed by atoms with van der Waals surface area (Å²) in [7, 11) is 1.59. The van der Waals surface area contributed by atoms with Gasteiger partial charge in [-0.1, -0.05) is 0 Å². The molecule has 162 valence electrons. The van der Waals surface area contributed by atoms with Gasteiger partial charge in [0.25, 0.3) is 5.91 Å². The molecule has 1 amide bonds. The number of morpholine rings is 1. The van der Waals surface area contributed by atoms with E-state index in [4.69, 9.17) is 13.9 Å². The summed E-state index contributed by atoms with van der Waals surface area (Å²) >= 11 is 0. The lowest BCUT2D eigenvalue weighted by Gasteiger charge is -2.30. The summed E-state index contributed by atoms with van der Waals surface area (Å²) < 4.78 is 31.4. The van der Waals surface area contributed by atoms with Crippen molar-refractivity contribution in [2.75, 3.05) is 44.9 Å². The van der Waals surface area contributed by atoms with Gasteiger partial charge in [-0.2, -0.15) is 0 Å². The maximum Gasteiger partial charge on any atom is 0.255 e. The number of hydrogen-bond donors (Lipinski definition) is 1. The van der Waals surface area contributed by atoms with Crippen LogP contribution in [-0.4, -0.2) is 45.9 Å². The molecule has 5 rings (SSSR count). The second-order valence-electron chi connectivity index (χ2n) is 8.06. The Morgan fingerprint density at radius 2 is 1.94 bits per heavy atom. The van der Waals surface area contributed by atoms with Crippen LogP contribution in [0.25, 0.3) is 22.3 Å². The smallest absolute Gasteiger partial charge is 0.255 e. The molecule has 1 aliphatic carbocycles. The molecule has 2 fully saturated rings. The summed E-state index contributed by atoms with van der Waals surface area (Å²) in [5, 5.41) is 3.38. The third kappa shape index (κ3) is 3.97. The van der Waals surface area contributed by atoms with E-state index >= 15 is 0 Å². The van der Waals surface area contributed by atoms with Crippen LogP contribution >= 0.6 is 0 Å². The normalized spacial score (nSPS) is 16.5. The van der Waals surface area contributed by atoms with Gasteiger partial charge in [0.2, 0.25) is 0 Å². The number of rotatable bonds is 6. The van der Waals surface area contributed by atoms with Crippen molar-refractivity contribution < 1.29 is 23.1 Å². The highest BCUT2D eigenvalue weighted by molar-refractivity contribution is 6.12. The molecular formula is C24H25FN2O4.